The minimum Gasteiger partial charge on any atom is -0.342 e. The van der Waals surface area contributed by atoms with Gasteiger partial charge >= 0.3 is 0 Å². The van der Waals surface area contributed by atoms with E-state index in [9.17, 15) is 4.79 Å². The van der Waals surface area contributed by atoms with Crippen molar-refractivity contribution < 1.29 is 4.79 Å². The number of nitrogens with one attached hydrogen (secondary N) is 1. The minimum absolute atomic E-state index is 0.0662. The normalized spacial score (nSPS) is 18.9. The average molecular weight is 295 g/mol. The maximum Gasteiger partial charge on any atom is 0.224 e. The van der Waals surface area contributed by atoms with Crippen LogP contribution in [0.5, 0.6) is 0 Å². The van der Waals surface area contributed by atoms with Crippen molar-refractivity contribution in [2.45, 2.75) is 25.3 Å². The highest BCUT2D eigenvalue weighted by molar-refractivity contribution is 5.79. The topological polar surface area (TPSA) is 46.9 Å². The van der Waals surface area contributed by atoms with Crippen LogP contribution in [0.2, 0.25) is 0 Å². The molecule has 4 heteroatoms. The molecule has 1 aliphatic carbocycles. The van der Waals surface area contributed by atoms with Crippen molar-refractivity contribution in [2.75, 3.05) is 0 Å². The van der Waals surface area contributed by atoms with Gasteiger partial charge < -0.3 is 9.88 Å². The number of aromatic nitrogens is 2. The highest BCUT2D eigenvalue weighted by atomic mass is 16.1. The van der Waals surface area contributed by atoms with E-state index in [2.05, 4.69) is 22.5 Å². The van der Waals surface area contributed by atoms with Crippen molar-refractivity contribution in [3.8, 4) is 0 Å². The Morgan fingerprint density at radius 1 is 1.32 bits per heavy atom. The summed E-state index contributed by atoms with van der Waals surface area (Å²) in [4.78, 5) is 17.0. The van der Waals surface area contributed by atoms with Crippen LogP contribution >= 0.6 is 0 Å². The van der Waals surface area contributed by atoms with Gasteiger partial charge in [-0.15, -0.1) is 0 Å². The van der Waals surface area contributed by atoms with E-state index in [1.165, 1.54) is 0 Å². The number of nitrogens with zero attached hydrogens (tertiary/aromatic N) is 2. The van der Waals surface area contributed by atoms with Gasteiger partial charge in [0, 0.05) is 25.4 Å². The van der Waals surface area contributed by atoms with Crippen LogP contribution in [0.25, 0.3) is 0 Å². The van der Waals surface area contributed by atoms with Gasteiger partial charge in [-0.1, -0.05) is 42.5 Å². The number of aryl methyl sites for hydroxylation is 1. The highest BCUT2D eigenvalue weighted by Crippen LogP contribution is 2.23. The summed E-state index contributed by atoms with van der Waals surface area (Å²) in [5.41, 5.74) is 1.05. The van der Waals surface area contributed by atoms with Crippen molar-refractivity contribution >= 4 is 5.91 Å². The van der Waals surface area contributed by atoms with Gasteiger partial charge in [0.05, 0.1) is 0 Å². The second-order valence-corrected chi connectivity index (χ2v) is 5.73. The number of rotatable bonds is 4. The molecular formula is C18H21N3O. The second-order valence-electron chi connectivity index (χ2n) is 5.73. The van der Waals surface area contributed by atoms with Crippen LogP contribution < -0.4 is 5.32 Å². The Bertz CT molecular complexity index is 660. The van der Waals surface area contributed by atoms with E-state index in [0.29, 0.717) is 0 Å². The van der Waals surface area contributed by atoms with Gasteiger partial charge in [-0.25, -0.2) is 4.98 Å². The van der Waals surface area contributed by atoms with Gasteiger partial charge in [0.1, 0.15) is 11.9 Å². The van der Waals surface area contributed by atoms with Crippen molar-refractivity contribution in [2.24, 2.45) is 13.0 Å². The van der Waals surface area contributed by atoms with Crippen molar-refractivity contribution in [1.82, 2.24) is 14.9 Å². The number of allylic oxidation sites excluding steroid dienone is 2. The Balaban J connectivity index is 1.85. The zero-order valence-electron chi connectivity index (χ0n) is 12.8. The SMILES string of the molecule is Cn1ccnc1[C@@H](NC(=O)[C@@H]1CC=CCC1)c1ccccc1. The summed E-state index contributed by atoms with van der Waals surface area (Å²) in [5, 5.41) is 3.19. The third-order valence-corrected chi connectivity index (χ3v) is 4.18. The first-order valence-corrected chi connectivity index (χ1v) is 7.73. The third kappa shape index (κ3) is 3.11. The quantitative estimate of drug-likeness (QED) is 0.881. The van der Waals surface area contributed by atoms with Crippen molar-refractivity contribution in [3.05, 3.63) is 66.3 Å². The molecule has 0 spiro atoms. The Kier molecular flexibility index (Phi) is 4.37. The van der Waals surface area contributed by atoms with E-state index in [0.717, 1.165) is 30.7 Å². The van der Waals surface area contributed by atoms with E-state index in [1.807, 2.05) is 48.1 Å². The predicted octanol–water partition coefficient (Wildman–Crippen LogP) is 2.98. The number of carbonyl (C=O) groups is 1. The largest absolute Gasteiger partial charge is 0.342 e. The molecule has 1 aromatic carbocycles. The fourth-order valence-electron chi connectivity index (χ4n) is 2.89. The second kappa shape index (κ2) is 6.60. The lowest BCUT2D eigenvalue weighted by Gasteiger charge is -2.23. The first kappa shape index (κ1) is 14.6. The average Bonchev–Trinajstić information content (AvgIpc) is 3.00. The number of amides is 1. The van der Waals surface area contributed by atoms with Gasteiger partial charge in [0.25, 0.3) is 0 Å². The third-order valence-electron chi connectivity index (χ3n) is 4.18. The van der Waals surface area contributed by atoms with Gasteiger partial charge in [0.2, 0.25) is 5.91 Å². The van der Waals surface area contributed by atoms with Crippen molar-refractivity contribution in [3.63, 3.8) is 0 Å². The van der Waals surface area contributed by atoms with Crippen LogP contribution in [0.15, 0.2) is 54.9 Å². The van der Waals surface area contributed by atoms with E-state index in [4.69, 9.17) is 0 Å². The maximum atomic E-state index is 12.6. The Labute approximate surface area is 130 Å². The molecule has 2 atom stereocenters. The molecule has 4 nitrogen and oxygen atoms in total. The van der Waals surface area contributed by atoms with E-state index in [1.54, 1.807) is 6.20 Å². The van der Waals surface area contributed by atoms with Crippen LogP contribution in [0.3, 0.4) is 0 Å². The molecule has 0 unspecified atom stereocenters. The fraction of sp³-hybridized carbons (Fsp3) is 0.333. The number of hydrogen-bond acceptors (Lipinski definition) is 2. The van der Waals surface area contributed by atoms with Gasteiger partial charge in [-0.05, 0) is 24.8 Å². The Morgan fingerprint density at radius 2 is 2.14 bits per heavy atom. The summed E-state index contributed by atoms with van der Waals surface area (Å²) in [5.74, 6) is 1.03. The lowest BCUT2D eigenvalue weighted by atomic mass is 9.93. The van der Waals surface area contributed by atoms with Gasteiger partial charge in [0.15, 0.2) is 0 Å². The van der Waals surface area contributed by atoms with Crippen molar-refractivity contribution in [1.29, 1.82) is 0 Å². The highest BCUT2D eigenvalue weighted by Gasteiger charge is 2.25. The molecule has 0 bridgehead atoms. The molecule has 1 aromatic heterocycles. The zero-order valence-corrected chi connectivity index (χ0v) is 12.8. The summed E-state index contributed by atoms with van der Waals surface area (Å²) < 4.78 is 1.96. The van der Waals surface area contributed by atoms with Crippen LogP contribution in [-0.4, -0.2) is 15.5 Å². The van der Waals surface area contributed by atoms with E-state index < -0.39 is 0 Å². The fourth-order valence-corrected chi connectivity index (χ4v) is 2.89. The standard InChI is InChI=1S/C18H21N3O/c1-21-13-12-19-17(21)16(14-8-4-2-5-9-14)20-18(22)15-10-6-3-7-11-15/h2-6,8-9,12-13,15-16H,7,10-11H2,1H3,(H,20,22)/t15-,16+/m1/s1. The number of carbonyl (C=O) groups excluding carboxylic acids is 1. The number of hydrogen-bond donors (Lipinski definition) is 1. The molecule has 0 radical (unpaired) electrons. The number of benzene rings is 1. The van der Waals surface area contributed by atoms with Crippen LogP contribution in [0.1, 0.15) is 36.7 Å². The molecule has 2 aromatic rings. The molecule has 0 saturated heterocycles. The van der Waals surface area contributed by atoms with Crippen LogP contribution in [-0.2, 0) is 11.8 Å². The lowest BCUT2D eigenvalue weighted by molar-refractivity contribution is -0.125. The minimum atomic E-state index is -0.209. The first-order chi connectivity index (χ1) is 10.8. The molecular weight excluding hydrogens is 274 g/mol. The lowest BCUT2D eigenvalue weighted by Crippen LogP contribution is -2.36. The smallest absolute Gasteiger partial charge is 0.224 e. The molecule has 1 N–H and O–H groups in total. The molecule has 0 saturated carbocycles. The Morgan fingerprint density at radius 3 is 2.77 bits per heavy atom. The summed E-state index contributed by atoms with van der Waals surface area (Å²) >= 11 is 0. The monoisotopic (exact) mass is 295 g/mol. The van der Waals surface area contributed by atoms with Gasteiger partial charge in [-0.3, -0.25) is 4.79 Å². The maximum absolute atomic E-state index is 12.6. The molecule has 0 fully saturated rings. The van der Waals surface area contributed by atoms with Gasteiger partial charge in [-0.2, -0.15) is 0 Å². The predicted molar refractivity (Wildman–Crippen MR) is 86.1 cm³/mol. The van der Waals surface area contributed by atoms with Crippen LogP contribution in [0, 0.1) is 5.92 Å². The molecule has 114 valence electrons. The van der Waals surface area contributed by atoms with E-state index in [-0.39, 0.29) is 17.9 Å². The molecule has 22 heavy (non-hydrogen) atoms. The molecule has 1 heterocycles. The molecule has 0 aliphatic heterocycles. The van der Waals surface area contributed by atoms with Crippen LogP contribution in [0.4, 0.5) is 0 Å². The summed E-state index contributed by atoms with van der Waals surface area (Å²) in [6.07, 6.45) is 10.7. The molecule has 1 aliphatic rings. The summed E-state index contributed by atoms with van der Waals surface area (Å²) in [7, 11) is 1.95. The van der Waals surface area contributed by atoms with E-state index >= 15 is 0 Å². The Hall–Kier alpha value is -2.36. The summed E-state index contributed by atoms with van der Waals surface area (Å²) in [6.45, 7) is 0. The number of imidazole rings is 1. The molecule has 3 rings (SSSR count). The first-order valence-electron chi connectivity index (χ1n) is 7.73. The molecule has 1 amide bonds. The zero-order chi connectivity index (χ0) is 15.4. The summed E-state index contributed by atoms with van der Waals surface area (Å²) in [6, 6.07) is 9.80.